The molecule has 0 fully saturated rings. The molecular weight excluding hydrogens is 248 g/mol. The summed E-state index contributed by atoms with van der Waals surface area (Å²) in [5.74, 6) is -0.0368. The number of hydrogen-bond donors (Lipinski definition) is 3. The van der Waals surface area contributed by atoms with Crippen LogP contribution in [0.25, 0.3) is 5.69 Å². The maximum atomic E-state index is 10.8. The van der Waals surface area contributed by atoms with E-state index >= 15 is 0 Å². The number of methoxy groups -OCH3 is 1. The van der Waals surface area contributed by atoms with Gasteiger partial charge in [-0.25, -0.2) is 4.68 Å². The number of rotatable bonds is 4. The van der Waals surface area contributed by atoms with Crippen LogP contribution in [0.15, 0.2) is 24.3 Å². The molecule has 0 amide bonds. The average Bonchev–Trinajstić information content (AvgIpc) is 2.66. The van der Waals surface area contributed by atoms with Crippen LogP contribution in [0.3, 0.4) is 0 Å². The summed E-state index contributed by atoms with van der Waals surface area (Å²) < 4.78 is 6.51. The standard InChI is InChI=1S/C12H14N4O3/c1-19-8-4-2-3-7(5-8)16-12(14)9(6-10(17)18)11(13)15-16/h2-5H,6,14H2,1H3,(H2,13,15)(H,17,18). The molecule has 0 aliphatic rings. The highest BCUT2D eigenvalue weighted by Gasteiger charge is 2.17. The third-order valence-electron chi connectivity index (χ3n) is 2.68. The number of benzene rings is 1. The number of carboxylic acid groups (broad SMARTS) is 1. The fourth-order valence-electron chi connectivity index (χ4n) is 1.75. The molecule has 0 saturated heterocycles. The predicted molar refractivity (Wildman–Crippen MR) is 70.3 cm³/mol. The van der Waals surface area contributed by atoms with Crippen molar-refractivity contribution in [1.82, 2.24) is 9.78 Å². The zero-order chi connectivity index (χ0) is 14.0. The first-order valence-electron chi connectivity index (χ1n) is 5.52. The Balaban J connectivity index is 2.48. The van der Waals surface area contributed by atoms with Gasteiger partial charge in [0.1, 0.15) is 11.6 Å². The maximum Gasteiger partial charge on any atom is 0.308 e. The SMILES string of the molecule is COc1cccc(-n2nc(N)c(CC(=O)O)c2N)c1. The molecule has 100 valence electrons. The van der Waals surface area contributed by atoms with E-state index in [1.807, 2.05) is 0 Å². The van der Waals surface area contributed by atoms with E-state index in [1.54, 1.807) is 31.4 Å². The summed E-state index contributed by atoms with van der Waals surface area (Å²) >= 11 is 0. The normalized spacial score (nSPS) is 10.4. The largest absolute Gasteiger partial charge is 0.497 e. The molecule has 0 spiro atoms. The van der Waals surface area contributed by atoms with Gasteiger partial charge in [-0.2, -0.15) is 0 Å². The van der Waals surface area contributed by atoms with Crippen molar-refractivity contribution in [3.05, 3.63) is 29.8 Å². The minimum absolute atomic E-state index is 0.114. The van der Waals surface area contributed by atoms with Gasteiger partial charge < -0.3 is 21.3 Å². The molecule has 2 aromatic rings. The van der Waals surface area contributed by atoms with Crippen LogP contribution in [0, 0.1) is 0 Å². The molecule has 19 heavy (non-hydrogen) atoms. The summed E-state index contributed by atoms with van der Waals surface area (Å²) in [4.78, 5) is 10.8. The van der Waals surface area contributed by atoms with Crippen LogP contribution in [-0.4, -0.2) is 28.0 Å². The van der Waals surface area contributed by atoms with Gasteiger partial charge in [-0.05, 0) is 12.1 Å². The highest BCUT2D eigenvalue weighted by atomic mass is 16.5. The number of carboxylic acids is 1. The van der Waals surface area contributed by atoms with E-state index < -0.39 is 5.97 Å². The second kappa shape index (κ2) is 4.89. The number of aliphatic carboxylic acids is 1. The number of hydrogen-bond acceptors (Lipinski definition) is 5. The molecule has 2 rings (SSSR count). The Kier molecular flexibility index (Phi) is 3.28. The van der Waals surface area contributed by atoms with E-state index in [0.717, 1.165) is 0 Å². The smallest absolute Gasteiger partial charge is 0.308 e. The number of nitrogens with zero attached hydrogens (tertiary/aromatic N) is 2. The Bertz CT molecular complexity index is 621. The highest BCUT2D eigenvalue weighted by Crippen LogP contribution is 2.25. The Morgan fingerprint density at radius 2 is 2.21 bits per heavy atom. The Hall–Kier alpha value is -2.70. The monoisotopic (exact) mass is 262 g/mol. The van der Waals surface area contributed by atoms with Crippen LogP contribution in [0.1, 0.15) is 5.56 Å². The summed E-state index contributed by atoms with van der Waals surface area (Å²) in [6, 6.07) is 7.07. The second-order valence-electron chi connectivity index (χ2n) is 3.93. The second-order valence-corrected chi connectivity index (χ2v) is 3.93. The van der Waals surface area contributed by atoms with Crippen molar-refractivity contribution in [2.75, 3.05) is 18.6 Å². The zero-order valence-electron chi connectivity index (χ0n) is 10.3. The van der Waals surface area contributed by atoms with Crippen LogP contribution in [0.5, 0.6) is 5.75 Å². The van der Waals surface area contributed by atoms with Gasteiger partial charge in [0.05, 0.1) is 19.2 Å². The molecule has 0 aliphatic carbocycles. The van der Waals surface area contributed by atoms with Crippen LogP contribution >= 0.6 is 0 Å². The third-order valence-corrected chi connectivity index (χ3v) is 2.68. The van der Waals surface area contributed by atoms with Gasteiger partial charge in [0.2, 0.25) is 0 Å². The lowest BCUT2D eigenvalue weighted by atomic mass is 10.2. The van der Waals surface area contributed by atoms with Crippen molar-refractivity contribution in [3.63, 3.8) is 0 Å². The summed E-state index contributed by atoms with van der Waals surface area (Å²) in [5.41, 5.74) is 12.6. The van der Waals surface area contributed by atoms with E-state index in [0.29, 0.717) is 17.0 Å². The molecule has 0 radical (unpaired) electrons. The van der Waals surface area contributed by atoms with Gasteiger partial charge in [0.25, 0.3) is 0 Å². The van der Waals surface area contributed by atoms with Gasteiger partial charge in [-0.1, -0.05) is 6.07 Å². The Morgan fingerprint density at radius 3 is 2.84 bits per heavy atom. The van der Waals surface area contributed by atoms with Gasteiger partial charge in [0.15, 0.2) is 5.82 Å². The Morgan fingerprint density at radius 1 is 1.47 bits per heavy atom. The lowest BCUT2D eigenvalue weighted by Crippen LogP contribution is -2.06. The van der Waals surface area contributed by atoms with Crippen molar-refractivity contribution in [3.8, 4) is 11.4 Å². The molecule has 7 heteroatoms. The first-order valence-corrected chi connectivity index (χ1v) is 5.52. The molecule has 0 aliphatic heterocycles. The zero-order valence-corrected chi connectivity index (χ0v) is 10.3. The molecule has 0 bridgehead atoms. The fraction of sp³-hybridized carbons (Fsp3) is 0.167. The molecular formula is C12H14N4O3. The topological polar surface area (TPSA) is 116 Å². The molecule has 0 unspecified atom stereocenters. The van der Waals surface area contributed by atoms with Gasteiger partial charge in [0, 0.05) is 11.6 Å². The summed E-state index contributed by atoms with van der Waals surface area (Å²) in [6.45, 7) is 0. The first kappa shape index (κ1) is 12.7. The Labute approximate surface area is 109 Å². The fourth-order valence-corrected chi connectivity index (χ4v) is 1.75. The van der Waals surface area contributed by atoms with Gasteiger partial charge in [-0.3, -0.25) is 4.79 Å². The van der Waals surface area contributed by atoms with Crippen LogP contribution < -0.4 is 16.2 Å². The quantitative estimate of drug-likeness (QED) is 0.745. The lowest BCUT2D eigenvalue weighted by molar-refractivity contribution is -0.136. The van der Waals surface area contributed by atoms with Crippen LogP contribution in [0.4, 0.5) is 11.6 Å². The number of aromatic nitrogens is 2. The van der Waals surface area contributed by atoms with E-state index in [2.05, 4.69) is 5.10 Å². The molecule has 1 heterocycles. The molecule has 5 N–H and O–H groups in total. The van der Waals surface area contributed by atoms with E-state index in [9.17, 15) is 4.79 Å². The minimum Gasteiger partial charge on any atom is -0.497 e. The van der Waals surface area contributed by atoms with Crippen molar-refractivity contribution in [2.45, 2.75) is 6.42 Å². The highest BCUT2D eigenvalue weighted by molar-refractivity contribution is 5.75. The maximum absolute atomic E-state index is 10.8. The number of ether oxygens (including phenoxy) is 1. The van der Waals surface area contributed by atoms with E-state index in [1.165, 1.54) is 4.68 Å². The van der Waals surface area contributed by atoms with E-state index in [4.69, 9.17) is 21.3 Å². The first-order chi connectivity index (χ1) is 9.02. The minimum atomic E-state index is -1.01. The average molecular weight is 262 g/mol. The summed E-state index contributed by atoms with van der Waals surface area (Å²) in [7, 11) is 1.55. The summed E-state index contributed by atoms with van der Waals surface area (Å²) in [5, 5.41) is 12.9. The molecule has 7 nitrogen and oxygen atoms in total. The molecule has 1 aromatic heterocycles. The number of nitrogens with two attached hydrogens (primary N) is 2. The van der Waals surface area contributed by atoms with Crippen LogP contribution in [0.2, 0.25) is 0 Å². The lowest BCUT2D eigenvalue weighted by Gasteiger charge is -2.06. The third kappa shape index (κ3) is 2.44. The van der Waals surface area contributed by atoms with Crippen molar-refractivity contribution >= 4 is 17.6 Å². The molecule has 1 aromatic carbocycles. The molecule has 0 saturated carbocycles. The van der Waals surface area contributed by atoms with Gasteiger partial charge >= 0.3 is 5.97 Å². The number of nitrogen functional groups attached to an aromatic ring is 2. The van der Waals surface area contributed by atoms with E-state index in [-0.39, 0.29) is 18.1 Å². The summed E-state index contributed by atoms with van der Waals surface area (Å²) in [6.07, 6.45) is -0.262. The molecule has 0 atom stereocenters. The van der Waals surface area contributed by atoms with Gasteiger partial charge in [-0.15, -0.1) is 5.10 Å². The van der Waals surface area contributed by atoms with Crippen molar-refractivity contribution < 1.29 is 14.6 Å². The number of carbonyl (C=O) groups is 1. The van der Waals surface area contributed by atoms with Crippen LogP contribution in [-0.2, 0) is 11.2 Å². The predicted octanol–water partition coefficient (Wildman–Crippen LogP) is 0.672. The number of anilines is 2. The van der Waals surface area contributed by atoms with Crippen molar-refractivity contribution in [1.29, 1.82) is 0 Å². The van der Waals surface area contributed by atoms with Crippen molar-refractivity contribution in [2.24, 2.45) is 0 Å².